The van der Waals surface area contributed by atoms with Crippen LogP contribution in [0.2, 0.25) is 0 Å². The molecule has 3 aromatic heterocycles. The molecule has 6 nitrogen and oxygen atoms in total. The summed E-state index contributed by atoms with van der Waals surface area (Å²) in [6.07, 6.45) is 6.52. The van der Waals surface area contributed by atoms with E-state index in [1.165, 1.54) is 6.42 Å². The Hall–Kier alpha value is -2.63. The molecule has 0 aromatic carbocycles. The molecule has 1 N–H and O–H groups in total. The van der Waals surface area contributed by atoms with Gasteiger partial charge in [-0.25, -0.2) is 14.5 Å². The molecule has 118 valence electrons. The summed E-state index contributed by atoms with van der Waals surface area (Å²) in [6, 6.07) is 8.00. The lowest BCUT2D eigenvalue weighted by Crippen LogP contribution is -2.23. The molecular weight excluding hydrogens is 288 g/mol. The maximum absolute atomic E-state index is 4.76. The summed E-state index contributed by atoms with van der Waals surface area (Å²) < 4.78 is 1.75. The van der Waals surface area contributed by atoms with Crippen molar-refractivity contribution in [2.75, 3.05) is 23.3 Å². The van der Waals surface area contributed by atoms with Crippen molar-refractivity contribution in [2.24, 2.45) is 5.41 Å². The van der Waals surface area contributed by atoms with Crippen LogP contribution in [0.1, 0.15) is 20.3 Å². The molecule has 23 heavy (non-hydrogen) atoms. The first-order valence-corrected chi connectivity index (χ1v) is 7.88. The van der Waals surface area contributed by atoms with Gasteiger partial charge in [-0.2, -0.15) is 5.10 Å². The first-order chi connectivity index (χ1) is 11.1. The van der Waals surface area contributed by atoms with Crippen LogP contribution in [0.5, 0.6) is 0 Å². The van der Waals surface area contributed by atoms with E-state index in [0.29, 0.717) is 5.41 Å². The molecule has 1 aliphatic rings. The van der Waals surface area contributed by atoms with Gasteiger partial charge >= 0.3 is 0 Å². The van der Waals surface area contributed by atoms with Crippen LogP contribution in [0.25, 0.3) is 5.65 Å². The first kappa shape index (κ1) is 14.0. The minimum absolute atomic E-state index is 0.359. The van der Waals surface area contributed by atoms with Crippen LogP contribution in [0.4, 0.5) is 17.3 Å². The Morgan fingerprint density at radius 3 is 2.91 bits per heavy atom. The van der Waals surface area contributed by atoms with Crippen LogP contribution < -0.4 is 10.2 Å². The van der Waals surface area contributed by atoms with Crippen molar-refractivity contribution in [3.8, 4) is 0 Å². The van der Waals surface area contributed by atoms with E-state index < -0.39 is 0 Å². The largest absolute Gasteiger partial charge is 0.356 e. The van der Waals surface area contributed by atoms with Crippen molar-refractivity contribution in [3.63, 3.8) is 0 Å². The van der Waals surface area contributed by atoms with Crippen molar-refractivity contribution >= 4 is 23.0 Å². The second kappa shape index (κ2) is 5.22. The van der Waals surface area contributed by atoms with Gasteiger partial charge in [0.05, 0.1) is 11.9 Å². The Morgan fingerprint density at radius 2 is 2.09 bits per heavy atom. The summed E-state index contributed by atoms with van der Waals surface area (Å²) in [7, 11) is 0. The minimum atomic E-state index is 0.359. The number of rotatable bonds is 3. The lowest BCUT2D eigenvalue weighted by molar-refractivity contribution is 0.418. The maximum atomic E-state index is 4.76. The summed E-state index contributed by atoms with van der Waals surface area (Å²) in [4.78, 5) is 11.4. The Labute approximate surface area is 135 Å². The molecule has 1 saturated heterocycles. The van der Waals surface area contributed by atoms with Gasteiger partial charge in [-0.05, 0) is 30.0 Å². The van der Waals surface area contributed by atoms with Gasteiger partial charge in [0, 0.05) is 25.5 Å². The normalized spacial score (nSPS) is 16.9. The molecule has 0 saturated carbocycles. The fourth-order valence-corrected chi connectivity index (χ4v) is 3.05. The highest BCUT2D eigenvalue weighted by Gasteiger charge is 2.29. The summed E-state index contributed by atoms with van der Waals surface area (Å²) in [6.45, 7) is 6.72. The molecule has 0 bridgehead atoms. The van der Waals surface area contributed by atoms with Gasteiger partial charge in [0.15, 0.2) is 5.65 Å². The second-order valence-corrected chi connectivity index (χ2v) is 6.78. The van der Waals surface area contributed by atoms with Crippen LogP contribution >= 0.6 is 0 Å². The molecule has 0 amide bonds. The average molecular weight is 308 g/mol. The smallest absolute Gasteiger partial charge is 0.177 e. The zero-order valence-electron chi connectivity index (χ0n) is 13.4. The predicted molar refractivity (Wildman–Crippen MR) is 91.1 cm³/mol. The fraction of sp³-hybridized carbons (Fsp3) is 0.353. The van der Waals surface area contributed by atoms with E-state index in [1.807, 2.05) is 24.4 Å². The molecule has 3 aromatic rings. The number of hydrogen-bond donors (Lipinski definition) is 1. The Morgan fingerprint density at radius 1 is 1.17 bits per heavy atom. The molecule has 4 heterocycles. The lowest BCUT2D eigenvalue weighted by atomic mass is 9.93. The molecule has 0 radical (unpaired) electrons. The molecule has 1 fully saturated rings. The summed E-state index contributed by atoms with van der Waals surface area (Å²) >= 11 is 0. The summed E-state index contributed by atoms with van der Waals surface area (Å²) in [5.41, 5.74) is 2.05. The molecule has 0 atom stereocenters. The van der Waals surface area contributed by atoms with E-state index in [1.54, 1.807) is 16.9 Å². The van der Waals surface area contributed by atoms with Gasteiger partial charge in [0.2, 0.25) is 0 Å². The van der Waals surface area contributed by atoms with Crippen molar-refractivity contribution in [1.82, 2.24) is 19.6 Å². The molecule has 6 heteroatoms. The standard InChI is InChI=1S/C17H20N6/c1-17(2)7-10-22(12-17)15-5-3-4-14(21-15)20-13-6-8-19-23-11-9-18-16(13)23/h3-6,8-9,11H,7,10,12H2,1-2H3,(H,20,21). The third kappa shape index (κ3) is 2.72. The van der Waals surface area contributed by atoms with Gasteiger partial charge in [0.25, 0.3) is 0 Å². The predicted octanol–water partition coefficient (Wildman–Crippen LogP) is 3.10. The van der Waals surface area contributed by atoms with E-state index in [9.17, 15) is 0 Å². The van der Waals surface area contributed by atoms with Crippen LogP contribution in [-0.2, 0) is 0 Å². The number of anilines is 3. The summed E-state index contributed by atoms with van der Waals surface area (Å²) in [5, 5.41) is 7.58. The molecule has 0 aliphatic carbocycles. The molecular formula is C17H20N6. The van der Waals surface area contributed by atoms with E-state index in [-0.39, 0.29) is 0 Å². The van der Waals surface area contributed by atoms with E-state index >= 15 is 0 Å². The third-order valence-corrected chi connectivity index (χ3v) is 4.29. The summed E-state index contributed by atoms with van der Waals surface area (Å²) in [5.74, 6) is 1.84. The molecule has 1 aliphatic heterocycles. The Balaban J connectivity index is 1.61. The highest BCUT2D eigenvalue weighted by Crippen LogP contribution is 2.32. The number of aromatic nitrogens is 4. The van der Waals surface area contributed by atoms with Crippen LogP contribution in [0.15, 0.2) is 42.9 Å². The monoisotopic (exact) mass is 308 g/mol. The SMILES string of the molecule is CC1(C)CCN(c2cccc(Nc3ccnn4ccnc34)n2)C1. The van der Waals surface area contributed by atoms with Gasteiger partial charge < -0.3 is 10.2 Å². The fourth-order valence-electron chi connectivity index (χ4n) is 3.05. The topological polar surface area (TPSA) is 58.4 Å². The average Bonchev–Trinajstić information content (AvgIpc) is 3.14. The highest BCUT2D eigenvalue weighted by molar-refractivity contribution is 5.72. The van der Waals surface area contributed by atoms with Crippen molar-refractivity contribution in [2.45, 2.75) is 20.3 Å². The molecule has 4 rings (SSSR count). The number of nitrogens with zero attached hydrogens (tertiary/aromatic N) is 5. The van der Waals surface area contributed by atoms with Gasteiger partial charge in [-0.3, -0.25) is 0 Å². The number of fused-ring (bicyclic) bond motifs is 1. The van der Waals surface area contributed by atoms with E-state index in [4.69, 9.17) is 4.98 Å². The Kier molecular flexibility index (Phi) is 3.18. The molecule has 0 unspecified atom stereocenters. The number of nitrogens with one attached hydrogen (secondary N) is 1. The number of hydrogen-bond acceptors (Lipinski definition) is 5. The van der Waals surface area contributed by atoms with Crippen molar-refractivity contribution in [3.05, 3.63) is 42.9 Å². The van der Waals surface area contributed by atoms with Gasteiger partial charge in [-0.15, -0.1) is 0 Å². The number of pyridine rings is 1. The van der Waals surface area contributed by atoms with Crippen molar-refractivity contribution in [1.29, 1.82) is 0 Å². The highest BCUT2D eigenvalue weighted by atomic mass is 15.3. The zero-order chi connectivity index (χ0) is 15.9. The van der Waals surface area contributed by atoms with Crippen LogP contribution in [0, 0.1) is 5.41 Å². The Bertz CT molecular complexity index is 838. The first-order valence-electron chi connectivity index (χ1n) is 7.88. The quantitative estimate of drug-likeness (QED) is 0.805. The zero-order valence-corrected chi connectivity index (χ0v) is 13.4. The van der Waals surface area contributed by atoms with Crippen LogP contribution in [0.3, 0.4) is 0 Å². The maximum Gasteiger partial charge on any atom is 0.177 e. The second-order valence-electron chi connectivity index (χ2n) is 6.78. The van der Waals surface area contributed by atoms with Crippen molar-refractivity contribution < 1.29 is 0 Å². The minimum Gasteiger partial charge on any atom is -0.356 e. The lowest BCUT2D eigenvalue weighted by Gasteiger charge is -2.21. The number of imidazole rings is 1. The van der Waals surface area contributed by atoms with Gasteiger partial charge in [-0.1, -0.05) is 19.9 Å². The van der Waals surface area contributed by atoms with Gasteiger partial charge in [0.1, 0.15) is 11.6 Å². The molecule has 0 spiro atoms. The van der Waals surface area contributed by atoms with E-state index in [2.05, 4.69) is 40.2 Å². The van der Waals surface area contributed by atoms with E-state index in [0.717, 1.165) is 36.1 Å². The van der Waals surface area contributed by atoms with Crippen LogP contribution in [-0.4, -0.2) is 32.7 Å². The third-order valence-electron chi connectivity index (χ3n) is 4.29.